The van der Waals surface area contributed by atoms with Crippen LogP contribution in [0.15, 0.2) is 41.4 Å². The van der Waals surface area contributed by atoms with Crippen LogP contribution in [0, 0.1) is 0 Å². The first-order valence-electron chi connectivity index (χ1n) is 11.1. The molecule has 1 aromatic carbocycles. The van der Waals surface area contributed by atoms with Crippen molar-refractivity contribution in [3.05, 3.63) is 53.5 Å². The summed E-state index contributed by atoms with van der Waals surface area (Å²) in [5, 5.41) is 0. The summed E-state index contributed by atoms with van der Waals surface area (Å²) < 4.78 is 64.7. The number of halogens is 5. The zero-order valence-electron chi connectivity index (χ0n) is 18.7. The minimum Gasteiger partial charge on any atom is -0.339 e. The Morgan fingerprint density at radius 1 is 1.06 bits per heavy atom. The van der Waals surface area contributed by atoms with E-state index in [1.807, 2.05) is 13.0 Å². The van der Waals surface area contributed by atoms with E-state index in [0.29, 0.717) is 44.4 Å². The van der Waals surface area contributed by atoms with Crippen molar-refractivity contribution in [2.45, 2.75) is 48.8 Å². The van der Waals surface area contributed by atoms with Crippen molar-refractivity contribution in [1.82, 2.24) is 19.9 Å². The molecule has 1 amide bonds. The number of piperidine rings is 1. The number of nitrogens with zero attached hydrogens (tertiary/aromatic N) is 3. The molecule has 1 saturated heterocycles. The molecule has 2 fully saturated rings. The Morgan fingerprint density at radius 3 is 2.26 bits per heavy atom. The predicted molar refractivity (Wildman–Crippen MR) is 121 cm³/mol. The van der Waals surface area contributed by atoms with Gasteiger partial charge in [0.25, 0.3) is 5.91 Å². The average Bonchev–Trinajstić information content (AvgIpc) is 3.21. The number of amides is 1. The number of Topliss-reactive ketones (excluding diaryl/α,β-unsaturated/α-hetero) is 1. The van der Waals surface area contributed by atoms with E-state index in [0.717, 1.165) is 29.0 Å². The lowest BCUT2D eigenvalue weighted by Gasteiger charge is -2.40. The minimum absolute atomic E-state index is 0.0689. The lowest BCUT2D eigenvalue weighted by atomic mass is 9.69. The fourth-order valence-corrected chi connectivity index (χ4v) is 5.61. The highest BCUT2D eigenvalue weighted by Gasteiger charge is 2.65. The number of benzene rings is 1. The largest absolute Gasteiger partial charge is 0.339 e. The van der Waals surface area contributed by atoms with Crippen LogP contribution in [0.25, 0.3) is 11.2 Å². The molecule has 0 radical (unpaired) electrons. The average molecular weight is 515 g/mol. The maximum Gasteiger partial charge on any atom is 0.310 e. The summed E-state index contributed by atoms with van der Waals surface area (Å²) in [5.74, 6) is 0.518. The molecule has 0 spiro atoms. The summed E-state index contributed by atoms with van der Waals surface area (Å²) in [4.78, 5) is 36.2. The molecule has 2 aliphatic rings. The Morgan fingerprint density at radius 2 is 1.69 bits per heavy atom. The summed E-state index contributed by atoms with van der Waals surface area (Å²) in [6.45, 7) is 2.71. The molecule has 188 valence electrons. The molecule has 3 heterocycles. The third-order valence-corrected chi connectivity index (χ3v) is 8.09. The van der Waals surface area contributed by atoms with Gasteiger partial charge in [0.05, 0.1) is 0 Å². The number of hydrogen-bond donors (Lipinski definition) is 1. The van der Waals surface area contributed by atoms with Gasteiger partial charge in [0.1, 0.15) is 22.0 Å². The van der Waals surface area contributed by atoms with Crippen molar-refractivity contribution < 1.29 is 29.0 Å². The van der Waals surface area contributed by atoms with E-state index >= 15 is 0 Å². The molecule has 35 heavy (non-hydrogen) atoms. The van der Waals surface area contributed by atoms with E-state index in [2.05, 4.69) is 9.97 Å². The number of hydrogen-bond acceptors (Lipinski definition) is 4. The van der Waals surface area contributed by atoms with Crippen molar-refractivity contribution in [3.8, 4) is 0 Å². The fraction of sp³-hybridized carbons (Fsp3) is 0.391. The van der Waals surface area contributed by atoms with Gasteiger partial charge in [0.2, 0.25) is 0 Å². The Labute approximate surface area is 197 Å². The van der Waals surface area contributed by atoms with Crippen LogP contribution < -0.4 is 0 Å². The zero-order chi connectivity index (χ0) is 25.3. The summed E-state index contributed by atoms with van der Waals surface area (Å²) in [5.41, 5.74) is 1.97. The first kappa shape index (κ1) is 23.7. The summed E-state index contributed by atoms with van der Waals surface area (Å²) >= 11 is 0. The number of H-pyrrole nitrogens is 1. The first-order valence-corrected chi connectivity index (χ1v) is 13.1. The van der Waals surface area contributed by atoms with Crippen LogP contribution in [-0.4, -0.2) is 44.6 Å². The molecule has 1 aliphatic carbocycles. The van der Waals surface area contributed by atoms with Gasteiger partial charge in [0, 0.05) is 43.1 Å². The number of pyridine rings is 1. The van der Waals surface area contributed by atoms with Gasteiger partial charge >= 0.3 is 10.2 Å². The van der Waals surface area contributed by atoms with Gasteiger partial charge in [0.15, 0.2) is 5.65 Å². The maximum absolute atomic E-state index is 12.9. The monoisotopic (exact) mass is 514 g/mol. The van der Waals surface area contributed by atoms with E-state index in [1.54, 1.807) is 6.20 Å². The number of aromatic nitrogens is 3. The van der Waals surface area contributed by atoms with E-state index in [9.17, 15) is 29.0 Å². The smallest absolute Gasteiger partial charge is 0.310 e. The molecule has 0 atom stereocenters. The Balaban J connectivity index is 1.30. The maximum atomic E-state index is 12.9. The highest BCUT2D eigenvalue weighted by atomic mass is 32.5. The van der Waals surface area contributed by atoms with Gasteiger partial charge in [-0.1, -0.05) is 26.4 Å². The number of likely N-dealkylation sites (tertiary alicyclic amines) is 1. The molecular weight excluding hydrogens is 491 g/mol. The second kappa shape index (κ2) is 7.02. The molecule has 2 aromatic heterocycles. The quantitative estimate of drug-likeness (QED) is 0.417. The van der Waals surface area contributed by atoms with Crippen LogP contribution >= 0.6 is 10.2 Å². The Hall–Kier alpha value is -3.02. The van der Waals surface area contributed by atoms with Gasteiger partial charge in [-0.05, 0) is 54.7 Å². The van der Waals surface area contributed by atoms with Crippen molar-refractivity contribution in [2.75, 3.05) is 13.1 Å². The number of fused-ring (bicyclic) bond motifs is 1. The normalized spacial score (nSPS) is 20.9. The molecule has 5 rings (SSSR count). The Bertz CT molecular complexity index is 1340. The summed E-state index contributed by atoms with van der Waals surface area (Å²) in [7, 11) is -9.78. The summed E-state index contributed by atoms with van der Waals surface area (Å²) in [6.07, 6.45) is 3.77. The van der Waals surface area contributed by atoms with Gasteiger partial charge in [-0.15, -0.1) is 0 Å². The van der Waals surface area contributed by atoms with Crippen molar-refractivity contribution in [2.24, 2.45) is 0 Å². The standard InChI is InChI=1S/C23H23F5N4O2S/c1-23(12-16(33)13-23)22-30-19-18(6-9-29-20(19)31-22)14-7-10-32(11-8-14)21(34)15-2-4-17(5-3-15)35(24,25,26,27)28/h2-6,9,14H,7-8,10-13H2,1H3,(H,29,30,31). The minimum atomic E-state index is -9.78. The topological polar surface area (TPSA) is 79.0 Å². The molecule has 1 N–H and O–H groups in total. The molecule has 0 unspecified atom stereocenters. The second-order valence-corrected chi connectivity index (χ2v) is 12.1. The number of carbonyl (C=O) groups is 2. The van der Waals surface area contributed by atoms with Crippen LogP contribution in [0.5, 0.6) is 0 Å². The fourth-order valence-electron chi connectivity index (χ4n) is 4.96. The molecule has 12 heteroatoms. The predicted octanol–water partition coefficient (Wildman–Crippen LogP) is 6.26. The van der Waals surface area contributed by atoms with Gasteiger partial charge < -0.3 is 9.88 Å². The highest BCUT2D eigenvalue weighted by Crippen LogP contribution is 3.02. The van der Waals surface area contributed by atoms with Crippen LogP contribution in [-0.2, 0) is 10.2 Å². The highest BCUT2D eigenvalue weighted by molar-refractivity contribution is 8.45. The molecular formula is C23H23F5N4O2S. The number of carbonyl (C=O) groups excluding carboxylic acids is 2. The third-order valence-electron chi connectivity index (χ3n) is 6.93. The van der Waals surface area contributed by atoms with Crippen molar-refractivity contribution >= 4 is 33.1 Å². The second-order valence-electron chi connectivity index (χ2n) is 9.70. The third kappa shape index (κ3) is 4.39. The van der Waals surface area contributed by atoms with E-state index in [1.165, 1.54) is 4.90 Å². The molecule has 1 saturated carbocycles. The number of rotatable bonds is 4. The van der Waals surface area contributed by atoms with Crippen molar-refractivity contribution in [3.63, 3.8) is 0 Å². The molecule has 0 bridgehead atoms. The molecule has 1 aliphatic heterocycles. The molecule has 3 aromatic rings. The van der Waals surface area contributed by atoms with E-state index in [4.69, 9.17) is 4.98 Å². The SMILES string of the molecule is CC1(c2nc3c(C4CCN(C(=O)c5ccc(S(F)(F)(F)(F)F)cc5)CC4)ccnc3[nH]2)CC(=O)C1. The zero-order valence-corrected chi connectivity index (χ0v) is 19.6. The lowest BCUT2D eigenvalue weighted by molar-refractivity contribution is -0.128. The lowest BCUT2D eigenvalue weighted by Crippen LogP contribution is -2.39. The Kier molecular flexibility index (Phi) is 4.76. The van der Waals surface area contributed by atoms with E-state index < -0.39 is 21.0 Å². The van der Waals surface area contributed by atoms with Gasteiger partial charge in [-0.2, -0.15) is 0 Å². The van der Waals surface area contributed by atoms with Gasteiger partial charge in [-0.25, -0.2) is 9.97 Å². The number of aromatic amines is 1. The number of nitrogens with one attached hydrogen (secondary N) is 1. The van der Waals surface area contributed by atoms with Crippen LogP contribution in [0.4, 0.5) is 19.4 Å². The van der Waals surface area contributed by atoms with Gasteiger partial charge in [-0.3, -0.25) is 9.59 Å². The number of ketones is 1. The summed E-state index contributed by atoms with van der Waals surface area (Å²) in [6, 6.07) is 4.01. The van der Waals surface area contributed by atoms with Crippen LogP contribution in [0.1, 0.15) is 60.3 Å². The molecule has 6 nitrogen and oxygen atoms in total. The van der Waals surface area contributed by atoms with Crippen molar-refractivity contribution in [1.29, 1.82) is 0 Å². The van der Waals surface area contributed by atoms with Crippen LogP contribution in [0.3, 0.4) is 0 Å². The van der Waals surface area contributed by atoms with Crippen LogP contribution in [0.2, 0.25) is 0 Å². The van der Waals surface area contributed by atoms with E-state index in [-0.39, 0.29) is 34.8 Å². The first-order chi connectivity index (χ1) is 16.1. The number of imidazole rings is 1.